The van der Waals surface area contributed by atoms with E-state index in [4.69, 9.17) is 15.2 Å². The lowest BCUT2D eigenvalue weighted by Gasteiger charge is -2.09. The van der Waals surface area contributed by atoms with E-state index in [2.05, 4.69) is 4.98 Å². The molecule has 1 aromatic carbocycles. The monoisotopic (exact) mass is 258 g/mol. The molecular formula is C14H14N2O3. The molecule has 3 N–H and O–H groups in total. The number of ether oxygens (including phenoxy) is 2. The van der Waals surface area contributed by atoms with Crippen LogP contribution in [0.5, 0.6) is 11.5 Å². The first-order valence-corrected chi connectivity index (χ1v) is 6.12. The van der Waals surface area contributed by atoms with Gasteiger partial charge in [-0.1, -0.05) is 6.07 Å². The number of benzene rings is 1. The summed E-state index contributed by atoms with van der Waals surface area (Å²) < 4.78 is 11.2. The predicted octanol–water partition coefficient (Wildman–Crippen LogP) is 1.79. The first-order chi connectivity index (χ1) is 9.22. The average molecular weight is 258 g/mol. The SMILES string of the molecule is Nc1cc(-c2ccc3c(c2)OCCCO3)cc(=O)[nH]1. The summed E-state index contributed by atoms with van der Waals surface area (Å²) in [5.41, 5.74) is 7.07. The summed E-state index contributed by atoms with van der Waals surface area (Å²) in [7, 11) is 0. The Morgan fingerprint density at radius 2 is 1.79 bits per heavy atom. The lowest BCUT2D eigenvalue weighted by molar-refractivity contribution is 0.297. The fraction of sp³-hybridized carbons (Fsp3) is 0.214. The van der Waals surface area contributed by atoms with Gasteiger partial charge in [0.2, 0.25) is 5.56 Å². The van der Waals surface area contributed by atoms with E-state index in [-0.39, 0.29) is 5.56 Å². The van der Waals surface area contributed by atoms with Gasteiger partial charge in [-0.15, -0.1) is 0 Å². The quantitative estimate of drug-likeness (QED) is 0.817. The smallest absolute Gasteiger partial charge is 0.250 e. The zero-order valence-corrected chi connectivity index (χ0v) is 10.3. The number of hydrogen-bond donors (Lipinski definition) is 2. The fourth-order valence-corrected chi connectivity index (χ4v) is 2.07. The van der Waals surface area contributed by atoms with Crippen LogP contribution in [0.3, 0.4) is 0 Å². The molecule has 19 heavy (non-hydrogen) atoms. The van der Waals surface area contributed by atoms with Crippen molar-refractivity contribution < 1.29 is 9.47 Å². The summed E-state index contributed by atoms with van der Waals surface area (Å²) in [4.78, 5) is 14.0. The summed E-state index contributed by atoms with van der Waals surface area (Å²) in [5.74, 6) is 1.78. The third kappa shape index (κ3) is 2.40. The Balaban J connectivity index is 2.06. The molecule has 0 amide bonds. The minimum atomic E-state index is -0.220. The van der Waals surface area contributed by atoms with Gasteiger partial charge in [-0.05, 0) is 29.3 Å². The maximum atomic E-state index is 11.4. The minimum absolute atomic E-state index is 0.220. The molecule has 2 heterocycles. The maximum absolute atomic E-state index is 11.4. The van der Waals surface area contributed by atoms with Crippen LogP contribution in [0.1, 0.15) is 6.42 Å². The Labute approximate surface area is 110 Å². The van der Waals surface area contributed by atoms with Gasteiger partial charge in [-0.25, -0.2) is 0 Å². The van der Waals surface area contributed by atoms with E-state index in [0.29, 0.717) is 24.8 Å². The van der Waals surface area contributed by atoms with Gasteiger partial charge in [0, 0.05) is 12.5 Å². The number of anilines is 1. The van der Waals surface area contributed by atoms with Crippen molar-refractivity contribution in [3.8, 4) is 22.6 Å². The molecule has 0 bridgehead atoms. The van der Waals surface area contributed by atoms with Crippen LogP contribution < -0.4 is 20.8 Å². The van der Waals surface area contributed by atoms with E-state index in [1.807, 2.05) is 18.2 Å². The van der Waals surface area contributed by atoms with Crippen LogP contribution in [-0.4, -0.2) is 18.2 Å². The molecule has 1 aliphatic heterocycles. The molecule has 0 aliphatic carbocycles. The molecule has 2 aromatic rings. The Hall–Kier alpha value is -2.43. The van der Waals surface area contributed by atoms with E-state index < -0.39 is 0 Å². The van der Waals surface area contributed by atoms with E-state index in [0.717, 1.165) is 23.3 Å². The van der Waals surface area contributed by atoms with Crippen LogP contribution in [0.2, 0.25) is 0 Å². The van der Waals surface area contributed by atoms with E-state index in [9.17, 15) is 4.79 Å². The van der Waals surface area contributed by atoms with Crippen LogP contribution in [0.15, 0.2) is 35.1 Å². The fourth-order valence-electron chi connectivity index (χ4n) is 2.07. The molecule has 98 valence electrons. The van der Waals surface area contributed by atoms with Gasteiger partial charge in [0.1, 0.15) is 5.82 Å². The Bertz CT molecular complexity index is 664. The highest BCUT2D eigenvalue weighted by Crippen LogP contribution is 2.34. The van der Waals surface area contributed by atoms with Gasteiger partial charge in [-0.2, -0.15) is 0 Å². The van der Waals surface area contributed by atoms with Crippen molar-refractivity contribution in [1.82, 2.24) is 4.98 Å². The topological polar surface area (TPSA) is 77.3 Å². The second-order valence-corrected chi connectivity index (χ2v) is 4.40. The number of fused-ring (bicyclic) bond motifs is 1. The lowest BCUT2D eigenvalue weighted by atomic mass is 10.1. The number of hydrogen-bond acceptors (Lipinski definition) is 4. The van der Waals surface area contributed by atoms with Crippen molar-refractivity contribution >= 4 is 5.82 Å². The van der Waals surface area contributed by atoms with Gasteiger partial charge in [-0.3, -0.25) is 4.79 Å². The highest BCUT2D eigenvalue weighted by atomic mass is 16.5. The van der Waals surface area contributed by atoms with Crippen molar-refractivity contribution in [2.45, 2.75) is 6.42 Å². The Kier molecular flexibility index (Phi) is 2.87. The van der Waals surface area contributed by atoms with Gasteiger partial charge in [0.05, 0.1) is 13.2 Å². The van der Waals surface area contributed by atoms with Gasteiger partial charge in [0.15, 0.2) is 11.5 Å². The van der Waals surface area contributed by atoms with Gasteiger partial charge >= 0.3 is 0 Å². The number of rotatable bonds is 1. The maximum Gasteiger partial charge on any atom is 0.250 e. The molecule has 0 atom stereocenters. The van der Waals surface area contributed by atoms with Crippen LogP contribution in [0, 0.1) is 0 Å². The Morgan fingerprint density at radius 3 is 2.58 bits per heavy atom. The first-order valence-electron chi connectivity index (χ1n) is 6.12. The van der Waals surface area contributed by atoms with E-state index in [1.165, 1.54) is 6.07 Å². The number of aromatic amines is 1. The largest absolute Gasteiger partial charge is 0.490 e. The summed E-state index contributed by atoms with van der Waals surface area (Å²) in [6.45, 7) is 1.29. The van der Waals surface area contributed by atoms with Gasteiger partial charge in [0.25, 0.3) is 0 Å². The predicted molar refractivity (Wildman–Crippen MR) is 72.5 cm³/mol. The number of pyridine rings is 1. The van der Waals surface area contributed by atoms with Crippen molar-refractivity contribution in [2.24, 2.45) is 0 Å². The summed E-state index contributed by atoms with van der Waals surface area (Å²) in [5, 5.41) is 0. The number of nitrogens with two attached hydrogens (primary N) is 1. The lowest BCUT2D eigenvalue weighted by Crippen LogP contribution is -2.07. The number of H-pyrrole nitrogens is 1. The van der Waals surface area contributed by atoms with Crippen LogP contribution in [-0.2, 0) is 0 Å². The highest BCUT2D eigenvalue weighted by molar-refractivity contribution is 5.68. The van der Waals surface area contributed by atoms with Crippen LogP contribution in [0.4, 0.5) is 5.82 Å². The number of aromatic nitrogens is 1. The second-order valence-electron chi connectivity index (χ2n) is 4.40. The van der Waals surface area contributed by atoms with Gasteiger partial charge < -0.3 is 20.2 Å². The molecule has 0 unspecified atom stereocenters. The molecule has 5 heteroatoms. The normalized spacial score (nSPS) is 13.9. The third-order valence-electron chi connectivity index (χ3n) is 2.95. The molecule has 1 aromatic heterocycles. The van der Waals surface area contributed by atoms with Crippen molar-refractivity contribution in [2.75, 3.05) is 18.9 Å². The molecule has 0 fully saturated rings. The van der Waals surface area contributed by atoms with Crippen molar-refractivity contribution in [3.63, 3.8) is 0 Å². The summed E-state index contributed by atoms with van der Waals surface area (Å²) in [6, 6.07) is 8.85. The van der Waals surface area contributed by atoms with Crippen molar-refractivity contribution in [3.05, 3.63) is 40.7 Å². The molecule has 0 spiro atoms. The highest BCUT2D eigenvalue weighted by Gasteiger charge is 2.11. The molecule has 0 saturated carbocycles. The average Bonchev–Trinajstić information content (AvgIpc) is 2.61. The van der Waals surface area contributed by atoms with Crippen LogP contribution in [0.25, 0.3) is 11.1 Å². The number of nitrogens with one attached hydrogen (secondary N) is 1. The second kappa shape index (κ2) is 4.68. The molecule has 0 saturated heterocycles. The van der Waals surface area contributed by atoms with E-state index in [1.54, 1.807) is 6.07 Å². The molecule has 3 rings (SSSR count). The van der Waals surface area contributed by atoms with E-state index >= 15 is 0 Å². The molecular weight excluding hydrogens is 244 g/mol. The molecule has 1 aliphatic rings. The first kappa shape index (κ1) is 11.6. The molecule has 5 nitrogen and oxygen atoms in total. The zero-order chi connectivity index (χ0) is 13.2. The zero-order valence-electron chi connectivity index (χ0n) is 10.3. The Morgan fingerprint density at radius 1 is 1.00 bits per heavy atom. The summed E-state index contributed by atoms with van der Waals surface area (Å²) in [6.07, 6.45) is 0.863. The third-order valence-corrected chi connectivity index (χ3v) is 2.95. The van der Waals surface area contributed by atoms with Crippen LogP contribution >= 0.6 is 0 Å². The minimum Gasteiger partial charge on any atom is -0.490 e. The standard InChI is InChI=1S/C14H14N2O3/c15-13-7-10(8-14(17)16-13)9-2-3-11-12(6-9)19-5-1-4-18-11/h2-3,6-8H,1,4-5H2,(H3,15,16,17). The summed E-state index contributed by atoms with van der Waals surface area (Å²) >= 11 is 0. The van der Waals surface area contributed by atoms with Crippen molar-refractivity contribution in [1.29, 1.82) is 0 Å². The number of nitrogen functional groups attached to an aromatic ring is 1. The molecule has 0 radical (unpaired) electrons.